The highest BCUT2D eigenvalue weighted by molar-refractivity contribution is 8.04. The van der Waals surface area contributed by atoms with Crippen LogP contribution in [0.25, 0.3) is 5.69 Å². The Morgan fingerprint density at radius 1 is 0.771 bits per heavy atom. The van der Waals surface area contributed by atoms with E-state index in [2.05, 4.69) is 22.4 Å². The fourth-order valence-corrected chi connectivity index (χ4v) is 5.20. The molecule has 0 spiro atoms. The average molecular weight is 495 g/mol. The van der Waals surface area contributed by atoms with Crippen molar-refractivity contribution in [2.24, 2.45) is 0 Å². The fraction of sp³-hybridized carbons (Fsp3) is 0.536. The highest BCUT2D eigenvalue weighted by atomic mass is 32.2. The zero-order chi connectivity index (χ0) is 24.7. The van der Waals surface area contributed by atoms with Gasteiger partial charge in [0.05, 0.1) is 10.6 Å². The number of rotatable bonds is 17. The third-order valence-electron chi connectivity index (χ3n) is 6.30. The summed E-state index contributed by atoms with van der Waals surface area (Å²) in [5.74, 6) is -0.230. The smallest absolute Gasteiger partial charge is 0.219 e. The van der Waals surface area contributed by atoms with Gasteiger partial charge in [-0.2, -0.15) is 4.68 Å². The molecular formula is C28H38N4O2S. The molecule has 1 heterocycles. The molecule has 1 aromatic carbocycles. The Labute approximate surface area is 213 Å². The molecule has 1 aliphatic rings. The maximum Gasteiger partial charge on any atom is 0.219 e. The molecule has 35 heavy (non-hydrogen) atoms. The molecule has 6 nitrogen and oxygen atoms in total. The van der Waals surface area contributed by atoms with Gasteiger partial charge in [-0.05, 0) is 53.2 Å². The van der Waals surface area contributed by atoms with Crippen molar-refractivity contribution >= 4 is 23.3 Å². The third kappa shape index (κ3) is 9.21. The van der Waals surface area contributed by atoms with E-state index in [0.717, 1.165) is 30.3 Å². The minimum atomic E-state index is -0.143. The number of ketones is 2. The maximum absolute atomic E-state index is 13.0. The number of allylic oxidation sites excluding steroid dienone is 4. The van der Waals surface area contributed by atoms with Crippen LogP contribution < -0.4 is 0 Å². The molecule has 0 atom stereocenters. The Morgan fingerprint density at radius 3 is 2.00 bits per heavy atom. The van der Waals surface area contributed by atoms with Gasteiger partial charge in [0, 0.05) is 11.6 Å². The number of thioether (sulfide) groups is 1. The number of carbonyl (C=O) groups is 2. The number of carbonyl (C=O) groups excluding carboxylic acids is 2. The predicted octanol–water partition coefficient (Wildman–Crippen LogP) is 7.20. The molecule has 3 rings (SSSR count). The second-order valence-corrected chi connectivity index (χ2v) is 10.2. The van der Waals surface area contributed by atoms with Gasteiger partial charge in [-0.1, -0.05) is 102 Å². The van der Waals surface area contributed by atoms with Crippen LogP contribution >= 0.6 is 11.8 Å². The molecule has 1 aromatic heterocycles. The van der Waals surface area contributed by atoms with Crippen molar-refractivity contribution in [2.75, 3.05) is 0 Å². The summed E-state index contributed by atoms with van der Waals surface area (Å²) in [5, 5.41) is 12.3. The van der Waals surface area contributed by atoms with E-state index < -0.39 is 0 Å². The third-order valence-corrected chi connectivity index (χ3v) is 7.26. The summed E-state index contributed by atoms with van der Waals surface area (Å²) < 4.78 is 1.58. The minimum Gasteiger partial charge on any atom is -0.290 e. The molecule has 0 N–H and O–H groups in total. The molecule has 0 saturated heterocycles. The molecule has 1 aliphatic carbocycles. The Kier molecular flexibility index (Phi) is 11.9. The van der Waals surface area contributed by atoms with Gasteiger partial charge in [0.25, 0.3) is 0 Å². The highest BCUT2D eigenvalue weighted by Crippen LogP contribution is 2.32. The van der Waals surface area contributed by atoms with Gasteiger partial charge in [-0.25, -0.2) is 0 Å². The van der Waals surface area contributed by atoms with Crippen molar-refractivity contribution < 1.29 is 9.59 Å². The van der Waals surface area contributed by atoms with Gasteiger partial charge in [0.2, 0.25) is 5.16 Å². The first kappa shape index (κ1) is 27.1. The lowest BCUT2D eigenvalue weighted by molar-refractivity contribution is -0.114. The molecule has 2 aromatic rings. The predicted molar refractivity (Wildman–Crippen MR) is 142 cm³/mol. The van der Waals surface area contributed by atoms with Crippen molar-refractivity contribution in [1.29, 1.82) is 0 Å². The topological polar surface area (TPSA) is 77.7 Å². The second kappa shape index (κ2) is 15.5. The van der Waals surface area contributed by atoms with E-state index in [9.17, 15) is 9.59 Å². The van der Waals surface area contributed by atoms with Crippen molar-refractivity contribution in [2.45, 2.75) is 102 Å². The number of para-hydroxylation sites is 1. The number of nitrogens with zero attached hydrogens (tertiary/aromatic N) is 4. The van der Waals surface area contributed by atoms with Crippen molar-refractivity contribution in [3.8, 4) is 5.69 Å². The SMILES string of the molecule is CCCCCCCCCCCCCCCC1=CC(=O)C=C(Sc2nnnn2-c2ccccc2)C1=O. The lowest BCUT2D eigenvalue weighted by atomic mass is 9.97. The van der Waals surface area contributed by atoms with E-state index in [4.69, 9.17) is 0 Å². The summed E-state index contributed by atoms with van der Waals surface area (Å²) in [7, 11) is 0. The van der Waals surface area contributed by atoms with Crippen molar-refractivity contribution in [1.82, 2.24) is 20.2 Å². The Hall–Kier alpha value is -2.54. The van der Waals surface area contributed by atoms with Gasteiger partial charge in [0.15, 0.2) is 11.6 Å². The van der Waals surface area contributed by atoms with E-state index in [-0.39, 0.29) is 11.6 Å². The minimum absolute atomic E-state index is 0.0869. The first-order chi connectivity index (χ1) is 17.2. The van der Waals surface area contributed by atoms with E-state index in [1.54, 1.807) is 4.68 Å². The highest BCUT2D eigenvalue weighted by Gasteiger charge is 2.24. The number of benzene rings is 1. The van der Waals surface area contributed by atoms with Crippen LogP contribution in [-0.2, 0) is 9.59 Å². The Bertz CT molecular complexity index is 997. The van der Waals surface area contributed by atoms with Crippen molar-refractivity contribution in [3.63, 3.8) is 0 Å². The molecule has 0 amide bonds. The molecule has 188 valence electrons. The van der Waals surface area contributed by atoms with Crippen LogP contribution in [0.4, 0.5) is 0 Å². The van der Waals surface area contributed by atoms with Crippen LogP contribution in [0.2, 0.25) is 0 Å². The summed E-state index contributed by atoms with van der Waals surface area (Å²) in [5.41, 5.74) is 1.40. The monoisotopic (exact) mass is 494 g/mol. The van der Waals surface area contributed by atoms with Crippen LogP contribution in [0.1, 0.15) is 96.8 Å². The Morgan fingerprint density at radius 2 is 1.37 bits per heavy atom. The van der Waals surface area contributed by atoms with Crippen LogP contribution in [-0.4, -0.2) is 31.8 Å². The van der Waals surface area contributed by atoms with Gasteiger partial charge in [-0.3, -0.25) is 9.59 Å². The summed E-state index contributed by atoms with van der Waals surface area (Å²) in [4.78, 5) is 25.7. The molecule has 0 radical (unpaired) electrons. The summed E-state index contributed by atoms with van der Waals surface area (Å²) in [6, 6.07) is 9.50. The zero-order valence-electron chi connectivity index (χ0n) is 21.0. The standard InChI is InChI=1S/C28H38N4O2S/c1-2-3-4-5-6-7-8-9-10-11-12-13-15-18-23-21-25(33)22-26(27(23)34)35-28-29-30-31-32(28)24-19-16-14-17-20-24/h14,16-17,19-22H,2-13,15,18H2,1H3. The Balaban J connectivity index is 1.35. The van der Waals surface area contributed by atoms with Crippen LogP contribution in [0.15, 0.2) is 58.1 Å². The molecular weight excluding hydrogens is 456 g/mol. The van der Waals surface area contributed by atoms with Crippen LogP contribution in [0.3, 0.4) is 0 Å². The normalized spacial score (nSPS) is 13.7. The lowest BCUT2D eigenvalue weighted by Gasteiger charge is -2.13. The number of Topliss-reactive ketones (excluding diaryl/α,β-unsaturated/α-hetero) is 1. The maximum atomic E-state index is 13.0. The van der Waals surface area contributed by atoms with Gasteiger partial charge < -0.3 is 0 Å². The average Bonchev–Trinajstić information content (AvgIpc) is 3.33. The summed E-state index contributed by atoms with van der Waals surface area (Å²) in [6.07, 6.45) is 20.2. The molecule has 0 bridgehead atoms. The number of tetrazole rings is 1. The molecule has 7 heteroatoms. The molecule has 0 unspecified atom stereocenters. The summed E-state index contributed by atoms with van der Waals surface area (Å²) in [6.45, 7) is 2.26. The largest absolute Gasteiger partial charge is 0.290 e. The molecule has 0 aliphatic heterocycles. The number of unbranched alkanes of at least 4 members (excludes halogenated alkanes) is 12. The van der Waals surface area contributed by atoms with E-state index in [0.29, 0.717) is 22.1 Å². The first-order valence-corrected chi connectivity index (χ1v) is 14.0. The van der Waals surface area contributed by atoms with Crippen LogP contribution in [0, 0.1) is 0 Å². The number of hydrogen-bond donors (Lipinski definition) is 0. The first-order valence-electron chi connectivity index (χ1n) is 13.2. The number of aromatic nitrogens is 4. The fourth-order valence-electron chi connectivity index (χ4n) is 4.30. The quantitative estimate of drug-likeness (QED) is 0.171. The van der Waals surface area contributed by atoms with Gasteiger partial charge >= 0.3 is 0 Å². The molecule has 0 saturated carbocycles. The lowest BCUT2D eigenvalue weighted by Crippen LogP contribution is -2.13. The van der Waals surface area contributed by atoms with Gasteiger partial charge in [-0.15, -0.1) is 5.10 Å². The van der Waals surface area contributed by atoms with E-state index >= 15 is 0 Å². The summed E-state index contributed by atoms with van der Waals surface area (Å²) >= 11 is 1.15. The van der Waals surface area contributed by atoms with E-state index in [1.165, 1.54) is 82.8 Å². The van der Waals surface area contributed by atoms with E-state index in [1.807, 2.05) is 30.3 Å². The van der Waals surface area contributed by atoms with Crippen LogP contribution in [0.5, 0.6) is 0 Å². The number of hydrogen-bond acceptors (Lipinski definition) is 6. The molecule has 0 fully saturated rings. The van der Waals surface area contributed by atoms with Gasteiger partial charge in [0.1, 0.15) is 0 Å². The zero-order valence-corrected chi connectivity index (χ0v) is 21.8. The second-order valence-electron chi connectivity index (χ2n) is 9.21. The van der Waals surface area contributed by atoms with Crippen molar-refractivity contribution in [3.05, 3.63) is 53.0 Å².